The van der Waals surface area contributed by atoms with Gasteiger partial charge in [0.2, 0.25) is 0 Å². The third-order valence-electron chi connectivity index (χ3n) is 6.37. The fourth-order valence-corrected chi connectivity index (χ4v) is 4.06. The van der Waals surface area contributed by atoms with Gasteiger partial charge in [-0.2, -0.15) is 0 Å². The van der Waals surface area contributed by atoms with Gasteiger partial charge in [0.05, 0.1) is 87.3 Å². The molecular formula is C33H55Mg3N3O25. The van der Waals surface area contributed by atoms with E-state index in [-0.39, 0.29) is 88.4 Å². The summed E-state index contributed by atoms with van der Waals surface area (Å²) in [5.41, 5.74) is -6.92. The maximum atomic E-state index is 10.2. The summed E-state index contributed by atoms with van der Waals surface area (Å²) in [4.78, 5) is 90.4. The van der Waals surface area contributed by atoms with E-state index >= 15 is 0 Å². The number of likely N-dealkylation sites (N-methyl/N-ethyl adjacent to an activating group) is 3. The van der Waals surface area contributed by atoms with Crippen molar-refractivity contribution in [3.63, 3.8) is 0 Å². The molecule has 0 aliphatic carbocycles. The average Bonchev–Trinajstić information content (AvgIpc) is 2.96. The predicted octanol–water partition coefficient (Wildman–Crippen LogP) is -19.1. The number of carboxylic acid groups (broad SMARTS) is 9. The largest absolute Gasteiger partial charge is 2.00 e. The maximum absolute atomic E-state index is 10.2. The van der Waals surface area contributed by atoms with Crippen molar-refractivity contribution in [1.29, 1.82) is 0 Å². The number of aliphatic hydroxyl groups excluding tert-OH is 5. The van der Waals surface area contributed by atoms with Crippen molar-refractivity contribution in [2.45, 2.75) is 73.8 Å². The number of aliphatic hydroxyl groups is 7. The normalized spacial score (nSPS) is 14.8. The monoisotopic (exact) mass is 965 g/mol. The van der Waals surface area contributed by atoms with Gasteiger partial charge < -0.3 is 138 Å². The van der Waals surface area contributed by atoms with Crippen LogP contribution in [0.15, 0.2) is 0 Å². The summed E-state index contributed by atoms with van der Waals surface area (Å²) in [6.45, 7) is 1.27. The molecule has 7 atom stereocenters. The number of hydrogen-bond donors (Lipinski definition) is 7. The molecule has 0 aromatic carbocycles. The molecule has 0 heterocycles. The second kappa shape index (κ2) is 35.3. The van der Waals surface area contributed by atoms with E-state index in [9.17, 15) is 89.1 Å². The van der Waals surface area contributed by atoms with E-state index in [2.05, 4.69) is 0 Å². The number of aliphatic carboxylic acids is 9. The van der Waals surface area contributed by atoms with Crippen LogP contribution in [0.4, 0.5) is 0 Å². The first kappa shape index (κ1) is 78.3. The maximum Gasteiger partial charge on any atom is 2.00 e. The number of rotatable bonds is 22. The molecule has 28 nitrogen and oxygen atoms in total. The van der Waals surface area contributed by atoms with Crippen LogP contribution in [0, 0.1) is 0 Å². The first-order valence-electron chi connectivity index (χ1n) is 17.0. The fraction of sp³-hybridized carbons (Fsp3) is 0.727. The molecule has 31 heteroatoms. The molecule has 0 saturated carbocycles. The molecule has 0 bridgehead atoms. The van der Waals surface area contributed by atoms with Crippen LogP contribution >= 0.6 is 0 Å². The van der Waals surface area contributed by atoms with Crippen LogP contribution in [0.1, 0.15) is 32.1 Å². The molecule has 0 amide bonds. The van der Waals surface area contributed by atoms with E-state index < -0.39 is 108 Å². The molecule has 358 valence electrons. The van der Waals surface area contributed by atoms with Crippen LogP contribution in [-0.2, 0) is 43.2 Å². The van der Waals surface area contributed by atoms with Gasteiger partial charge in [-0.3, -0.25) is 0 Å². The van der Waals surface area contributed by atoms with E-state index in [1.807, 2.05) is 63.4 Å². The average molecular weight is 967 g/mol. The summed E-state index contributed by atoms with van der Waals surface area (Å²) in [7, 11) is 17.0. The van der Waals surface area contributed by atoms with Gasteiger partial charge in [-0.15, -0.1) is 0 Å². The molecule has 0 spiro atoms. The Hall–Kier alpha value is -2.87. The number of nitrogens with zero attached hydrogens (tertiary/aromatic N) is 3. The molecule has 0 rings (SSSR count). The van der Waals surface area contributed by atoms with Crippen LogP contribution in [-0.4, -0.2) is 297 Å². The van der Waals surface area contributed by atoms with Crippen molar-refractivity contribution < 1.29 is 138 Å². The Balaban J connectivity index is -0.000000101. The first-order valence-corrected chi connectivity index (χ1v) is 17.0. The second-order valence-electron chi connectivity index (χ2n) is 16.1. The molecule has 0 saturated heterocycles. The third-order valence-corrected chi connectivity index (χ3v) is 6.37. The number of carbonyl (C=O) groups excluding carboxylic acids is 9. The van der Waals surface area contributed by atoms with Gasteiger partial charge >= 0.3 is 69.2 Å². The van der Waals surface area contributed by atoms with Crippen LogP contribution in [0.3, 0.4) is 0 Å². The topological polar surface area (TPSA) is 503 Å². The predicted molar refractivity (Wildman–Crippen MR) is 194 cm³/mol. The summed E-state index contributed by atoms with van der Waals surface area (Å²) < 4.78 is 1.65. The zero-order valence-corrected chi connectivity index (χ0v) is 41.2. The second-order valence-corrected chi connectivity index (χ2v) is 16.1. The van der Waals surface area contributed by atoms with Crippen molar-refractivity contribution in [3.05, 3.63) is 0 Å². The molecule has 0 fully saturated rings. The molecule has 0 radical (unpaired) electrons. The van der Waals surface area contributed by atoms with E-state index in [1.165, 1.54) is 0 Å². The summed E-state index contributed by atoms with van der Waals surface area (Å²) in [6, 6.07) is 0. The van der Waals surface area contributed by atoms with Crippen LogP contribution in [0.5, 0.6) is 0 Å². The van der Waals surface area contributed by atoms with Crippen molar-refractivity contribution >= 4 is 123 Å². The van der Waals surface area contributed by atoms with Crippen molar-refractivity contribution in [1.82, 2.24) is 0 Å². The van der Waals surface area contributed by atoms with Gasteiger partial charge in [0.15, 0.2) is 0 Å². The first-order chi connectivity index (χ1) is 26.9. The molecule has 64 heavy (non-hydrogen) atoms. The molecule has 7 unspecified atom stereocenters. The Morgan fingerprint density at radius 1 is 0.391 bits per heavy atom. The minimum absolute atomic E-state index is 0. The molecule has 0 aliphatic heterocycles. The number of carboxylic acids is 9. The smallest absolute Gasteiger partial charge is 0.550 e. The van der Waals surface area contributed by atoms with E-state index in [0.717, 1.165) is 0 Å². The van der Waals surface area contributed by atoms with E-state index in [0.29, 0.717) is 33.1 Å². The Morgan fingerprint density at radius 2 is 0.562 bits per heavy atom. The number of carbonyl (C=O) groups is 9. The SMILES string of the molecule is C[N+](C)(C)CC(O)CC(=O)[O-].C[N+](C)(C)CC(O)CC(=O)[O-].C[N+](C)(C)CC(O)CC(=O)[O-].O=C([O-])CC(O)(C(=O)[O-])C(O)C(=O)[O-].O=C([O-])CC(O)(C(=O)[O-])C(O)C(=O)[O-].[Mg+2].[Mg+2].[Mg+2]. The summed E-state index contributed by atoms with van der Waals surface area (Å²) in [5, 5.41) is 153. The summed E-state index contributed by atoms with van der Waals surface area (Å²) >= 11 is 0. The van der Waals surface area contributed by atoms with Crippen LogP contribution in [0.2, 0.25) is 0 Å². The summed E-state index contributed by atoms with van der Waals surface area (Å²) in [5.74, 6) is -17.3. The van der Waals surface area contributed by atoms with Crippen molar-refractivity contribution in [3.8, 4) is 0 Å². The van der Waals surface area contributed by atoms with Crippen LogP contribution in [0.25, 0.3) is 0 Å². The standard InChI is InChI=1S/3C7H15NO3.2C6H8O8.3Mg/c3*1-8(2,3)5-6(9)4-7(10)11;2*7-2(8)1-6(14,5(12)13)3(9)4(10)11;;;/h3*6,9H,4-5H2,1-3H3;2*3,9,14H,1H2,(H,7,8)(H,10,11)(H,12,13);;;/q;;;;;3*+2/p-6. The zero-order chi connectivity index (χ0) is 50.2. The molecule has 0 aromatic heterocycles. The van der Waals surface area contributed by atoms with Gasteiger partial charge in [-0.1, -0.05) is 0 Å². The third kappa shape index (κ3) is 45.7. The van der Waals surface area contributed by atoms with Gasteiger partial charge in [0, 0.05) is 62.0 Å². The molecule has 7 N–H and O–H groups in total. The van der Waals surface area contributed by atoms with Crippen molar-refractivity contribution in [2.75, 3.05) is 83.1 Å². The fourth-order valence-electron chi connectivity index (χ4n) is 4.06. The Kier molecular flexibility index (Phi) is 43.2. The van der Waals surface area contributed by atoms with Gasteiger partial charge in [-0.25, -0.2) is 0 Å². The molecular weight excluding hydrogens is 911 g/mol. The molecule has 0 aromatic rings. The van der Waals surface area contributed by atoms with Crippen LogP contribution < -0.4 is 46.0 Å². The van der Waals surface area contributed by atoms with Gasteiger partial charge in [0.1, 0.15) is 61.4 Å². The van der Waals surface area contributed by atoms with Gasteiger partial charge in [-0.05, 0) is 0 Å². The Labute approximate surface area is 415 Å². The molecule has 0 aliphatic rings. The minimum Gasteiger partial charge on any atom is -0.550 e. The quantitative estimate of drug-likeness (QED) is 0.0391. The number of hydrogen-bond acceptors (Lipinski definition) is 25. The number of quaternary nitrogens is 3. The van der Waals surface area contributed by atoms with Gasteiger partial charge in [0.25, 0.3) is 0 Å². The van der Waals surface area contributed by atoms with E-state index in [4.69, 9.17) is 35.7 Å². The Bertz CT molecular complexity index is 1330. The summed E-state index contributed by atoms with van der Waals surface area (Å²) in [6.07, 6.45) is -12.3. The van der Waals surface area contributed by atoms with E-state index in [1.54, 1.807) is 0 Å². The zero-order valence-electron chi connectivity index (χ0n) is 37.0. The van der Waals surface area contributed by atoms with Crippen molar-refractivity contribution in [2.24, 2.45) is 0 Å². The Morgan fingerprint density at radius 3 is 0.656 bits per heavy atom. The minimum atomic E-state index is -3.46.